The third-order valence-corrected chi connectivity index (χ3v) is 3.63. The van der Waals surface area contributed by atoms with Crippen molar-refractivity contribution in [1.29, 1.82) is 0 Å². The molecular weight excluding hydrogens is 282 g/mol. The number of allylic oxidation sites excluding steroid dienone is 4. The van der Waals surface area contributed by atoms with Gasteiger partial charge in [-0.2, -0.15) is 0 Å². The van der Waals surface area contributed by atoms with E-state index in [9.17, 15) is 0 Å². The molecule has 0 spiro atoms. The van der Waals surface area contributed by atoms with Crippen LogP contribution in [0, 0.1) is 0 Å². The standard InChI is InChI=1S/C14H15NO.C7H10/c1-2-11-3-7-13(8-4-11)16-14-9-5-12(15)6-10-14;1-7-5-3-2-4-6-7/h3-10H,2,15H2,1H3;3,5-6H,2,4H2,1H3. The first kappa shape index (κ1) is 16.9. The number of benzene rings is 2. The molecule has 0 aliphatic heterocycles. The van der Waals surface area contributed by atoms with Crippen LogP contribution in [-0.2, 0) is 6.42 Å². The minimum absolute atomic E-state index is 0.744. The average Bonchev–Trinajstić information content (AvgIpc) is 2.59. The first-order chi connectivity index (χ1) is 11.2. The summed E-state index contributed by atoms with van der Waals surface area (Å²) in [6.45, 7) is 4.27. The summed E-state index contributed by atoms with van der Waals surface area (Å²) in [6.07, 6.45) is 10.2. The maximum Gasteiger partial charge on any atom is 0.127 e. The SMILES string of the molecule is CC1=CCCC=C1.CCc1ccc(Oc2ccc(N)cc2)cc1. The van der Waals surface area contributed by atoms with Crippen molar-refractivity contribution in [3.05, 3.63) is 77.9 Å². The molecule has 1 aliphatic carbocycles. The highest BCUT2D eigenvalue weighted by molar-refractivity contribution is 5.43. The summed E-state index contributed by atoms with van der Waals surface area (Å²) in [6, 6.07) is 15.5. The zero-order valence-corrected chi connectivity index (χ0v) is 14.0. The largest absolute Gasteiger partial charge is 0.457 e. The summed E-state index contributed by atoms with van der Waals surface area (Å²) in [5.74, 6) is 1.65. The molecule has 23 heavy (non-hydrogen) atoms. The van der Waals surface area contributed by atoms with E-state index >= 15 is 0 Å². The van der Waals surface area contributed by atoms with Crippen molar-refractivity contribution in [3.8, 4) is 11.5 Å². The lowest BCUT2D eigenvalue weighted by atomic mass is 10.1. The third-order valence-electron chi connectivity index (χ3n) is 3.63. The number of rotatable bonds is 3. The average molecular weight is 307 g/mol. The van der Waals surface area contributed by atoms with Gasteiger partial charge in [-0.3, -0.25) is 0 Å². The van der Waals surface area contributed by atoms with Gasteiger partial charge in [0.05, 0.1) is 0 Å². The summed E-state index contributed by atoms with van der Waals surface area (Å²) >= 11 is 0. The summed E-state index contributed by atoms with van der Waals surface area (Å²) in [5.41, 5.74) is 9.06. The van der Waals surface area contributed by atoms with Gasteiger partial charge in [-0.05, 0) is 68.1 Å². The molecule has 2 aromatic carbocycles. The van der Waals surface area contributed by atoms with Gasteiger partial charge in [0.15, 0.2) is 0 Å². The topological polar surface area (TPSA) is 35.2 Å². The Bertz CT molecular complexity index is 651. The highest BCUT2D eigenvalue weighted by atomic mass is 16.5. The molecule has 0 radical (unpaired) electrons. The van der Waals surface area contributed by atoms with E-state index in [1.807, 2.05) is 36.4 Å². The van der Waals surface area contributed by atoms with Gasteiger partial charge in [0, 0.05) is 5.69 Å². The van der Waals surface area contributed by atoms with Gasteiger partial charge >= 0.3 is 0 Å². The molecule has 0 aromatic heterocycles. The Morgan fingerprint density at radius 3 is 1.96 bits per heavy atom. The monoisotopic (exact) mass is 307 g/mol. The van der Waals surface area contributed by atoms with Gasteiger partial charge in [0.1, 0.15) is 11.5 Å². The molecule has 0 saturated carbocycles. The van der Waals surface area contributed by atoms with Crippen LogP contribution in [0.25, 0.3) is 0 Å². The Morgan fingerprint density at radius 2 is 1.52 bits per heavy atom. The molecule has 0 atom stereocenters. The molecule has 0 amide bonds. The number of anilines is 1. The highest BCUT2D eigenvalue weighted by Crippen LogP contribution is 2.22. The van der Waals surface area contributed by atoms with Gasteiger partial charge in [-0.15, -0.1) is 0 Å². The fourth-order valence-electron chi connectivity index (χ4n) is 2.21. The molecule has 1 aliphatic rings. The fourth-order valence-corrected chi connectivity index (χ4v) is 2.21. The van der Waals surface area contributed by atoms with Crippen molar-refractivity contribution in [1.82, 2.24) is 0 Å². The molecule has 120 valence electrons. The first-order valence-corrected chi connectivity index (χ1v) is 8.13. The lowest BCUT2D eigenvalue weighted by Gasteiger charge is -2.06. The zero-order valence-electron chi connectivity index (χ0n) is 14.0. The Hall–Kier alpha value is -2.48. The predicted octanol–water partition coefficient (Wildman–Crippen LogP) is 5.91. The van der Waals surface area contributed by atoms with Gasteiger partial charge in [-0.25, -0.2) is 0 Å². The third kappa shape index (κ3) is 6.03. The van der Waals surface area contributed by atoms with E-state index in [2.05, 4.69) is 44.2 Å². The second-order valence-corrected chi connectivity index (χ2v) is 5.60. The maximum absolute atomic E-state index is 5.68. The Labute approximate surface area is 139 Å². The van der Waals surface area contributed by atoms with Crippen LogP contribution in [-0.4, -0.2) is 0 Å². The number of hydrogen-bond acceptors (Lipinski definition) is 2. The molecule has 0 unspecified atom stereocenters. The minimum atomic E-state index is 0.744. The lowest BCUT2D eigenvalue weighted by molar-refractivity contribution is 0.482. The zero-order chi connectivity index (χ0) is 16.5. The molecule has 0 saturated heterocycles. The number of ether oxygens (including phenoxy) is 1. The van der Waals surface area contributed by atoms with E-state index in [-0.39, 0.29) is 0 Å². The second-order valence-electron chi connectivity index (χ2n) is 5.60. The predicted molar refractivity (Wildman–Crippen MR) is 98.9 cm³/mol. The summed E-state index contributed by atoms with van der Waals surface area (Å²) in [7, 11) is 0. The van der Waals surface area contributed by atoms with Crippen LogP contribution >= 0.6 is 0 Å². The van der Waals surface area contributed by atoms with Gasteiger partial charge in [0.25, 0.3) is 0 Å². The molecule has 2 aromatic rings. The second kappa shape index (κ2) is 8.84. The van der Waals surface area contributed by atoms with Gasteiger partial charge in [-0.1, -0.05) is 42.9 Å². The Morgan fingerprint density at radius 1 is 0.913 bits per heavy atom. The molecule has 2 nitrogen and oxygen atoms in total. The summed E-state index contributed by atoms with van der Waals surface area (Å²) < 4.78 is 5.68. The van der Waals surface area contributed by atoms with Crippen molar-refractivity contribution >= 4 is 5.69 Å². The normalized spacial score (nSPS) is 12.9. The molecule has 0 fully saturated rings. The summed E-state index contributed by atoms with van der Waals surface area (Å²) in [5, 5.41) is 0. The van der Waals surface area contributed by atoms with Crippen LogP contribution in [0.1, 0.15) is 32.3 Å². The quantitative estimate of drug-likeness (QED) is 0.716. The van der Waals surface area contributed by atoms with Crippen LogP contribution in [0.15, 0.2) is 72.3 Å². The maximum atomic E-state index is 5.68. The number of hydrogen-bond donors (Lipinski definition) is 1. The van der Waals surface area contributed by atoms with Crippen molar-refractivity contribution in [2.75, 3.05) is 5.73 Å². The first-order valence-electron chi connectivity index (χ1n) is 8.13. The van der Waals surface area contributed by atoms with Crippen LogP contribution < -0.4 is 10.5 Å². The number of nitrogens with two attached hydrogens (primary N) is 1. The molecular formula is C21H25NO. The van der Waals surface area contributed by atoms with Gasteiger partial charge in [0.2, 0.25) is 0 Å². The van der Waals surface area contributed by atoms with Crippen LogP contribution in [0.3, 0.4) is 0 Å². The summed E-state index contributed by atoms with van der Waals surface area (Å²) in [4.78, 5) is 0. The van der Waals surface area contributed by atoms with Crippen molar-refractivity contribution in [2.45, 2.75) is 33.1 Å². The molecule has 2 N–H and O–H groups in total. The van der Waals surface area contributed by atoms with E-state index in [4.69, 9.17) is 10.5 Å². The molecule has 0 heterocycles. The van der Waals surface area contributed by atoms with E-state index in [1.54, 1.807) is 0 Å². The van der Waals surface area contributed by atoms with Crippen molar-refractivity contribution < 1.29 is 4.74 Å². The van der Waals surface area contributed by atoms with E-state index in [0.717, 1.165) is 23.6 Å². The van der Waals surface area contributed by atoms with Crippen LogP contribution in [0.2, 0.25) is 0 Å². The highest BCUT2D eigenvalue weighted by Gasteiger charge is 1.97. The molecule has 0 bridgehead atoms. The van der Waals surface area contributed by atoms with Crippen molar-refractivity contribution in [3.63, 3.8) is 0 Å². The van der Waals surface area contributed by atoms with Crippen molar-refractivity contribution in [2.24, 2.45) is 0 Å². The van der Waals surface area contributed by atoms with Gasteiger partial charge < -0.3 is 10.5 Å². The van der Waals surface area contributed by atoms with Crippen LogP contribution in [0.5, 0.6) is 11.5 Å². The minimum Gasteiger partial charge on any atom is -0.457 e. The number of aryl methyl sites for hydroxylation is 1. The van der Waals surface area contributed by atoms with E-state index in [1.165, 1.54) is 24.0 Å². The Balaban J connectivity index is 0.000000229. The van der Waals surface area contributed by atoms with E-state index in [0.29, 0.717) is 0 Å². The smallest absolute Gasteiger partial charge is 0.127 e. The van der Waals surface area contributed by atoms with E-state index < -0.39 is 0 Å². The number of nitrogen functional groups attached to an aromatic ring is 1. The lowest BCUT2D eigenvalue weighted by Crippen LogP contribution is -1.87. The molecule has 2 heteroatoms. The molecule has 3 rings (SSSR count). The van der Waals surface area contributed by atoms with Crippen LogP contribution in [0.4, 0.5) is 5.69 Å². The fraction of sp³-hybridized carbons (Fsp3) is 0.238. The Kier molecular flexibility index (Phi) is 6.49.